The fourth-order valence-electron chi connectivity index (χ4n) is 3.19. The van der Waals surface area contributed by atoms with Crippen LogP contribution in [0.2, 0.25) is 0 Å². The van der Waals surface area contributed by atoms with Crippen molar-refractivity contribution in [2.45, 2.75) is 12.1 Å². The van der Waals surface area contributed by atoms with Gasteiger partial charge < -0.3 is 5.11 Å². The van der Waals surface area contributed by atoms with E-state index in [1.54, 1.807) is 18.2 Å². The summed E-state index contributed by atoms with van der Waals surface area (Å²) in [5.74, 6) is -0.376. The van der Waals surface area contributed by atoms with Crippen LogP contribution in [0.4, 0.5) is 4.39 Å². The van der Waals surface area contributed by atoms with E-state index in [0.29, 0.717) is 12.1 Å². The number of aliphatic hydroxyl groups is 1. The van der Waals surface area contributed by atoms with Crippen molar-refractivity contribution in [1.82, 2.24) is 4.90 Å². The summed E-state index contributed by atoms with van der Waals surface area (Å²) in [6, 6.07) is 26.7. The summed E-state index contributed by atoms with van der Waals surface area (Å²) in [6.07, 6.45) is -0.888. The van der Waals surface area contributed by atoms with Crippen LogP contribution in [-0.2, 0) is 0 Å². The maximum Gasteiger partial charge on any atom is 0.129 e. The Kier molecular flexibility index (Phi) is 5.59. The van der Waals surface area contributed by atoms with Gasteiger partial charge in [-0.1, -0.05) is 78.9 Å². The second kappa shape index (κ2) is 8.06. The molecule has 3 aromatic rings. The van der Waals surface area contributed by atoms with Gasteiger partial charge in [-0.05, 0) is 24.2 Å². The van der Waals surface area contributed by atoms with E-state index < -0.39 is 6.10 Å². The Labute approximate surface area is 148 Å². The molecule has 1 N–H and O–H groups in total. The van der Waals surface area contributed by atoms with Crippen molar-refractivity contribution in [3.8, 4) is 0 Å². The van der Waals surface area contributed by atoms with Gasteiger partial charge in [0, 0.05) is 12.1 Å². The number of nitrogens with zero attached hydrogens (tertiary/aromatic N) is 1. The minimum Gasteiger partial charge on any atom is -0.387 e. The van der Waals surface area contributed by atoms with E-state index in [2.05, 4.69) is 29.2 Å². The van der Waals surface area contributed by atoms with Crippen LogP contribution in [0.3, 0.4) is 0 Å². The molecule has 0 aliphatic rings. The van der Waals surface area contributed by atoms with Crippen LogP contribution in [0.25, 0.3) is 0 Å². The lowest BCUT2D eigenvalue weighted by molar-refractivity contribution is 0.110. The molecule has 0 spiro atoms. The minimum absolute atomic E-state index is 0.0103. The van der Waals surface area contributed by atoms with E-state index >= 15 is 0 Å². The molecule has 1 atom stereocenters. The molecule has 0 amide bonds. The highest BCUT2D eigenvalue weighted by atomic mass is 19.1. The Morgan fingerprint density at radius 1 is 0.800 bits per heavy atom. The molecule has 2 nitrogen and oxygen atoms in total. The monoisotopic (exact) mass is 335 g/mol. The van der Waals surface area contributed by atoms with Gasteiger partial charge in [0.1, 0.15) is 5.82 Å². The normalized spacial score (nSPS) is 12.5. The van der Waals surface area contributed by atoms with Gasteiger partial charge in [-0.15, -0.1) is 0 Å². The standard InChI is InChI=1S/C22H22FNO/c1-24(16-21(25)19-14-8-9-15-20(19)23)22(17-10-4-2-5-11-17)18-12-6-3-7-13-18/h2-15,21-22,25H,16H2,1H3/t21-/m1/s1. The minimum atomic E-state index is -0.888. The van der Waals surface area contributed by atoms with Gasteiger partial charge in [0.2, 0.25) is 0 Å². The molecule has 0 saturated carbocycles. The Hall–Kier alpha value is -2.49. The van der Waals surface area contributed by atoms with Crippen molar-refractivity contribution < 1.29 is 9.50 Å². The Balaban J connectivity index is 1.87. The fraction of sp³-hybridized carbons (Fsp3) is 0.182. The highest BCUT2D eigenvalue weighted by Crippen LogP contribution is 2.29. The molecule has 0 aliphatic carbocycles. The molecule has 0 aliphatic heterocycles. The van der Waals surface area contributed by atoms with Crippen molar-refractivity contribution >= 4 is 0 Å². The van der Waals surface area contributed by atoms with Crippen LogP contribution < -0.4 is 0 Å². The Bertz CT molecular complexity index is 752. The third-order valence-corrected chi connectivity index (χ3v) is 4.40. The van der Waals surface area contributed by atoms with Gasteiger partial charge in [-0.25, -0.2) is 4.39 Å². The summed E-state index contributed by atoms with van der Waals surface area (Å²) in [5.41, 5.74) is 2.60. The predicted octanol–water partition coefficient (Wildman–Crippen LogP) is 4.58. The summed E-state index contributed by atoms with van der Waals surface area (Å²) < 4.78 is 14.0. The number of likely N-dealkylation sites (N-methyl/N-ethyl adjacent to an activating group) is 1. The van der Waals surface area contributed by atoms with E-state index in [1.807, 2.05) is 43.4 Å². The molecular weight excluding hydrogens is 313 g/mol. The van der Waals surface area contributed by atoms with Gasteiger partial charge in [0.05, 0.1) is 12.1 Å². The highest BCUT2D eigenvalue weighted by Gasteiger charge is 2.22. The van der Waals surface area contributed by atoms with Crippen molar-refractivity contribution in [2.24, 2.45) is 0 Å². The number of halogens is 1. The van der Waals surface area contributed by atoms with Gasteiger partial charge >= 0.3 is 0 Å². The molecule has 0 heterocycles. The summed E-state index contributed by atoms with van der Waals surface area (Å²) >= 11 is 0. The zero-order valence-corrected chi connectivity index (χ0v) is 14.2. The lowest BCUT2D eigenvalue weighted by Crippen LogP contribution is -2.30. The lowest BCUT2D eigenvalue weighted by Gasteiger charge is -2.31. The first kappa shape index (κ1) is 17.3. The van der Waals surface area contributed by atoms with Crippen molar-refractivity contribution in [3.63, 3.8) is 0 Å². The SMILES string of the molecule is CN(C[C@@H](O)c1ccccc1F)C(c1ccccc1)c1ccccc1. The van der Waals surface area contributed by atoms with Crippen molar-refractivity contribution in [2.75, 3.05) is 13.6 Å². The molecule has 128 valence electrons. The van der Waals surface area contributed by atoms with E-state index in [9.17, 15) is 9.50 Å². The average molecular weight is 335 g/mol. The number of hydrogen-bond acceptors (Lipinski definition) is 2. The van der Waals surface area contributed by atoms with Crippen LogP contribution in [0.1, 0.15) is 28.8 Å². The molecule has 0 bridgehead atoms. The number of rotatable bonds is 6. The first-order valence-corrected chi connectivity index (χ1v) is 8.39. The molecular formula is C22H22FNO. The molecule has 3 aromatic carbocycles. The molecule has 0 fully saturated rings. The van der Waals surface area contributed by atoms with Gasteiger partial charge in [0.15, 0.2) is 0 Å². The van der Waals surface area contributed by atoms with E-state index in [1.165, 1.54) is 6.07 Å². The van der Waals surface area contributed by atoms with Gasteiger partial charge in [0.25, 0.3) is 0 Å². The average Bonchev–Trinajstić information content (AvgIpc) is 2.64. The maximum absolute atomic E-state index is 14.0. The lowest BCUT2D eigenvalue weighted by atomic mass is 9.96. The topological polar surface area (TPSA) is 23.5 Å². The van der Waals surface area contributed by atoms with Crippen molar-refractivity contribution in [3.05, 3.63) is 107 Å². The molecule has 3 rings (SSSR count). The van der Waals surface area contributed by atoms with Crippen LogP contribution in [0.15, 0.2) is 84.9 Å². The van der Waals surface area contributed by atoms with E-state index in [-0.39, 0.29) is 11.9 Å². The maximum atomic E-state index is 14.0. The smallest absolute Gasteiger partial charge is 0.129 e. The number of hydrogen-bond donors (Lipinski definition) is 1. The molecule has 0 unspecified atom stereocenters. The summed E-state index contributed by atoms with van der Waals surface area (Å²) in [6.45, 7) is 0.329. The third kappa shape index (κ3) is 4.13. The first-order chi connectivity index (χ1) is 12.2. The Morgan fingerprint density at radius 3 is 1.80 bits per heavy atom. The van der Waals surface area contributed by atoms with Crippen LogP contribution in [0.5, 0.6) is 0 Å². The summed E-state index contributed by atoms with van der Waals surface area (Å²) in [7, 11) is 1.95. The molecule has 0 aromatic heterocycles. The first-order valence-electron chi connectivity index (χ1n) is 8.39. The fourth-order valence-corrected chi connectivity index (χ4v) is 3.19. The second-order valence-corrected chi connectivity index (χ2v) is 6.20. The summed E-state index contributed by atoms with van der Waals surface area (Å²) in [5, 5.41) is 10.5. The highest BCUT2D eigenvalue weighted by molar-refractivity contribution is 5.32. The van der Waals surface area contributed by atoms with Crippen molar-refractivity contribution in [1.29, 1.82) is 0 Å². The number of benzene rings is 3. The summed E-state index contributed by atoms with van der Waals surface area (Å²) in [4.78, 5) is 2.06. The molecule has 0 saturated heterocycles. The van der Waals surface area contributed by atoms with Crippen LogP contribution in [-0.4, -0.2) is 23.6 Å². The molecule has 0 radical (unpaired) electrons. The zero-order chi connectivity index (χ0) is 17.6. The van der Waals surface area contributed by atoms with Crippen LogP contribution in [0, 0.1) is 5.82 Å². The number of aliphatic hydroxyl groups excluding tert-OH is 1. The second-order valence-electron chi connectivity index (χ2n) is 6.20. The Morgan fingerprint density at radius 2 is 1.28 bits per heavy atom. The predicted molar refractivity (Wildman–Crippen MR) is 98.7 cm³/mol. The third-order valence-electron chi connectivity index (χ3n) is 4.40. The molecule has 3 heteroatoms. The van der Waals surface area contributed by atoms with Crippen LogP contribution >= 0.6 is 0 Å². The van der Waals surface area contributed by atoms with E-state index in [4.69, 9.17) is 0 Å². The largest absolute Gasteiger partial charge is 0.387 e. The van der Waals surface area contributed by atoms with E-state index in [0.717, 1.165) is 11.1 Å². The molecule has 25 heavy (non-hydrogen) atoms. The zero-order valence-electron chi connectivity index (χ0n) is 14.2. The van der Waals surface area contributed by atoms with Gasteiger partial charge in [-0.3, -0.25) is 4.90 Å². The van der Waals surface area contributed by atoms with Gasteiger partial charge in [-0.2, -0.15) is 0 Å². The quantitative estimate of drug-likeness (QED) is 0.713.